The summed E-state index contributed by atoms with van der Waals surface area (Å²) in [5.41, 5.74) is 2.44. The molecule has 10 heteroatoms. The lowest BCUT2D eigenvalue weighted by Crippen LogP contribution is -2.38. The van der Waals surface area contributed by atoms with Gasteiger partial charge in [0.25, 0.3) is 0 Å². The number of nitrogens with one attached hydrogen (secondary N) is 1. The molecule has 2 amide bonds. The summed E-state index contributed by atoms with van der Waals surface area (Å²) in [4.78, 5) is 20.9. The smallest absolute Gasteiger partial charge is 0.322 e. The molecular formula is C21H17ClFN5O2S. The Balaban J connectivity index is 1.34. The van der Waals surface area contributed by atoms with Crippen LogP contribution >= 0.6 is 22.9 Å². The molecule has 158 valence electrons. The van der Waals surface area contributed by atoms with Crippen molar-refractivity contribution in [3.63, 3.8) is 0 Å². The van der Waals surface area contributed by atoms with Gasteiger partial charge in [0.15, 0.2) is 5.82 Å². The number of aromatic nitrogens is 3. The van der Waals surface area contributed by atoms with E-state index in [2.05, 4.69) is 15.4 Å². The highest BCUT2D eigenvalue weighted by atomic mass is 35.5. The molecule has 0 unspecified atom stereocenters. The lowest BCUT2D eigenvalue weighted by Gasteiger charge is -2.26. The summed E-state index contributed by atoms with van der Waals surface area (Å²) in [6.45, 7) is 1.00. The van der Waals surface area contributed by atoms with E-state index in [4.69, 9.17) is 16.3 Å². The Kier molecular flexibility index (Phi) is 4.99. The van der Waals surface area contributed by atoms with E-state index in [1.807, 2.05) is 28.8 Å². The number of halogens is 2. The lowest BCUT2D eigenvalue weighted by molar-refractivity contribution is 0.206. The first kappa shape index (κ1) is 19.8. The third kappa shape index (κ3) is 3.70. The van der Waals surface area contributed by atoms with E-state index in [1.165, 1.54) is 29.5 Å². The van der Waals surface area contributed by atoms with Gasteiger partial charge < -0.3 is 15.0 Å². The van der Waals surface area contributed by atoms with E-state index in [0.717, 1.165) is 26.8 Å². The van der Waals surface area contributed by atoms with Gasteiger partial charge in [-0.1, -0.05) is 22.9 Å². The molecular weight excluding hydrogens is 441 g/mol. The minimum absolute atomic E-state index is 0.0306. The third-order valence-electron chi connectivity index (χ3n) is 5.13. The molecule has 0 spiro atoms. The summed E-state index contributed by atoms with van der Waals surface area (Å²) in [7, 11) is 1.63. The van der Waals surface area contributed by atoms with Crippen LogP contribution in [0.5, 0.6) is 5.75 Å². The lowest BCUT2D eigenvalue weighted by atomic mass is 10.2. The van der Waals surface area contributed by atoms with Crippen LogP contribution in [0, 0.1) is 5.82 Å². The van der Waals surface area contributed by atoms with Crippen molar-refractivity contribution in [2.45, 2.75) is 13.0 Å². The first-order valence-corrected chi connectivity index (χ1v) is 10.7. The van der Waals surface area contributed by atoms with Gasteiger partial charge >= 0.3 is 6.03 Å². The summed E-state index contributed by atoms with van der Waals surface area (Å²) in [5, 5.41) is 7.41. The normalized spacial score (nSPS) is 13.3. The maximum atomic E-state index is 13.3. The Labute approximate surface area is 186 Å². The van der Waals surface area contributed by atoms with Gasteiger partial charge in [0.1, 0.15) is 11.6 Å². The second kappa shape index (κ2) is 7.82. The van der Waals surface area contributed by atoms with Crippen LogP contribution < -0.4 is 10.1 Å². The predicted molar refractivity (Wildman–Crippen MR) is 117 cm³/mol. The molecule has 2 aromatic carbocycles. The van der Waals surface area contributed by atoms with E-state index < -0.39 is 5.82 Å². The number of urea groups is 1. The topological polar surface area (TPSA) is 71.8 Å². The molecule has 0 saturated heterocycles. The average Bonchev–Trinajstić information content (AvgIpc) is 3.34. The van der Waals surface area contributed by atoms with Crippen LogP contribution in [-0.4, -0.2) is 39.2 Å². The predicted octanol–water partition coefficient (Wildman–Crippen LogP) is 4.85. The van der Waals surface area contributed by atoms with Gasteiger partial charge in [0.05, 0.1) is 24.4 Å². The molecule has 0 aliphatic carbocycles. The minimum atomic E-state index is -0.522. The fourth-order valence-corrected chi connectivity index (χ4v) is 4.80. The molecule has 0 bridgehead atoms. The van der Waals surface area contributed by atoms with Crippen LogP contribution in [0.15, 0.2) is 42.5 Å². The van der Waals surface area contributed by atoms with Crippen molar-refractivity contribution in [2.75, 3.05) is 19.0 Å². The maximum Gasteiger partial charge on any atom is 0.322 e. The van der Waals surface area contributed by atoms with Gasteiger partial charge in [-0.3, -0.25) is 0 Å². The average molecular weight is 458 g/mol. The zero-order chi connectivity index (χ0) is 21.5. The number of benzene rings is 2. The summed E-state index contributed by atoms with van der Waals surface area (Å²) in [6.07, 6.45) is 0.665. The Morgan fingerprint density at radius 3 is 2.81 bits per heavy atom. The number of carbonyl (C=O) groups is 1. The molecule has 2 aromatic heterocycles. The van der Waals surface area contributed by atoms with Crippen molar-refractivity contribution in [1.29, 1.82) is 0 Å². The second-order valence-corrected chi connectivity index (χ2v) is 8.53. The summed E-state index contributed by atoms with van der Waals surface area (Å²) in [5.74, 6) is 0.916. The van der Waals surface area contributed by atoms with Gasteiger partial charge in [-0.2, -0.15) is 4.98 Å². The Morgan fingerprint density at radius 1 is 1.26 bits per heavy atom. The maximum absolute atomic E-state index is 13.3. The highest BCUT2D eigenvalue weighted by molar-refractivity contribution is 7.17. The zero-order valence-corrected chi connectivity index (χ0v) is 18.0. The SMILES string of the molecule is COc1ccc(-c2nc3sc4c(n3n2)CCN(C(=O)Nc2ccc(F)c(Cl)c2)C4)cc1. The number of methoxy groups -OCH3 is 1. The highest BCUT2D eigenvalue weighted by Crippen LogP contribution is 2.30. The van der Waals surface area contributed by atoms with E-state index in [9.17, 15) is 9.18 Å². The van der Waals surface area contributed by atoms with Crippen molar-refractivity contribution in [1.82, 2.24) is 19.5 Å². The summed E-state index contributed by atoms with van der Waals surface area (Å²) < 4.78 is 20.4. The minimum Gasteiger partial charge on any atom is -0.497 e. The second-order valence-electron chi connectivity index (χ2n) is 7.06. The zero-order valence-electron chi connectivity index (χ0n) is 16.4. The molecule has 7 nitrogen and oxygen atoms in total. The quantitative estimate of drug-likeness (QED) is 0.477. The standard InChI is InChI=1S/C21H17ClFN5O2S/c1-30-14-5-2-12(3-6-14)19-25-21-28(26-19)17-8-9-27(11-18(17)31-21)20(29)24-13-4-7-16(23)15(22)10-13/h2-7,10H,8-9,11H2,1H3,(H,24,29). The fraction of sp³-hybridized carbons (Fsp3) is 0.190. The molecule has 4 aromatic rings. The molecule has 1 aliphatic heterocycles. The molecule has 1 aliphatic rings. The largest absolute Gasteiger partial charge is 0.497 e. The van der Waals surface area contributed by atoms with E-state index in [1.54, 1.807) is 12.0 Å². The van der Waals surface area contributed by atoms with Gasteiger partial charge in [0.2, 0.25) is 4.96 Å². The Hall–Kier alpha value is -3.17. The van der Waals surface area contributed by atoms with Gasteiger partial charge in [-0.05, 0) is 42.5 Å². The van der Waals surface area contributed by atoms with Crippen LogP contribution in [0.2, 0.25) is 5.02 Å². The number of nitrogens with zero attached hydrogens (tertiary/aromatic N) is 4. The van der Waals surface area contributed by atoms with Crippen molar-refractivity contribution < 1.29 is 13.9 Å². The number of thiazole rings is 1. The number of rotatable bonds is 3. The van der Waals surface area contributed by atoms with Gasteiger partial charge in [0, 0.05) is 29.1 Å². The first-order valence-electron chi connectivity index (χ1n) is 9.54. The number of carbonyl (C=O) groups excluding carboxylic acids is 1. The van der Waals surface area contributed by atoms with Crippen LogP contribution in [0.4, 0.5) is 14.9 Å². The van der Waals surface area contributed by atoms with Crippen molar-refractivity contribution >= 4 is 39.6 Å². The molecule has 0 atom stereocenters. The number of ether oxygens (including phenoxy) is 1. The molecule has 5 rings (SSSR count). The summed E-state index contributed by atoms with van der Waals surface area (Å²) in [6, 6.07) is 11.5. The van der Waals surface area contributed by atoms with Crippen molar-refractivity contribution in [2.24, 2.45) is 0 Å². The summed E-state index contributed by atoms with van der Waals surface area (Å²) >= 11 is 7.32. The molecule has 3 heterocycles. The molecule has 0 saturated carbocycles. The van der Waals surface area contributed by atoms with Crippen LogP contribution in [0.25, 0.3) is 16.3 Å². The van der Waals surface area contributed by atoms with Crippen LogP contribution in [0.3, 0.4) is 0 Å². The molecule has 0 fully saturated rings. The number of hydrogen-bond acceptors (Lipinski definition) is 5. The van der Waals surface area contributed by atoms with E-state index in [-0.39, 0.29) is 11.1 Å². The molecule has 31 heavy (non-hydrogen) atoms. The van der Waals surface area contributed by atoms with E-state index >= 15 is 0 Å². The highest BCUT2D eigenvalue weighted by Gasteiger charge is 2.26. The number of hydrogen-bond donors (Lipinski definition) is 1. The van der Waals surface area contributed by atoms with Crippen LogP contribution in [-0.2, 0) is 13.0 Å². The van der Waals surface area contributed by atoms with Crippen molar-refractivity contribution in [3.05, 3.63) is 63.9 Å². The Morgan fingerprint density at radius 2 is 2.06 bits per heavy atom. The van der Waals surface area contributed by atoms with E-state index in [0.29, 0.717) is 31.0 Å². The molecule has 1 N–H and O–H groups in total. The monoisotopic (exact) mass is 457 g/mol. The molecule has 0 radical (unpaired) electrons. The first-order chi connectivity index (χ1) is 15.0. The number of anilines is 1. The third-order valence-corrected chi connectivity index (χ3v) is 6.48. The Bertz CT molecular complexity index is 1290. The van der Waals surface area contributed by atoms with Gasteiger partial charge in [-0.15, -0.1) is 5.10 Å². The fourth-order valence-electron chi connectivity index (χ4n) is 3.50. The number of fused-ring (bicyclic) bond motifs is 3. The van der Waals surface area contributed by atoms with Crippen molar-refractivity contribution in [3.8, 4) is 17.1 Å². The van der Waals surface area contributed by atoms with Gasteiger partial charge in [-0.25, -0.2) is 13.7 Å². The van der Waals surface area contributed by atoms with Crippen LogP contribution in [0.1, 0.15) is 10.6 Å². The number of amides is 2.